The molecule has 5 nitrogen and oxygen atoms in total. The topological polar surface area (TPSA) is 83.8 Å². The van der Waals surface area contributed by atoms with Crippen molar-refractivity contribution in [2.24, 2.45) is 0 Å². The lowest BCUT2D eigenvalue weighted by molar-refractivity contribution is 0.0953. The van der Waals surface area contributed by atoms with Gasteiger partial charge in [-0.25, -0.2) is 0 Å². The third-order valence-electron chi connectivity index (χ3n) is 2.51. The number of rotatable bonds is 7. The second kappa shape index (κ2) is 7.21. The molecule has 4 N–H and O–H groups in total. The van der Waals surface area contributed by atoms with Crippen molar-refractivity contribution in [3.05, 3.63) is 11.3 Å². The van der Waals surface area contributed by atoms with Crippen LogP contribution in [0.15, 0.2) is 0 Å². The minimum absolute atomic E-state index is 0.140. The number of nitrogens with zero attached hydrogens (tertiary/aromatic N) is 1. The third kappa shape index (κ3) is 4.30. The SMILES string of the molecule is CSCCCCCNC(=O)c1c(N)n[nH]c1C. The van der Waals surface area contributed by atoms with Gasteiger partial charge in [0, 0.05) is 12.2 Å². The van der Waals surface area contributed by atoms with Crippen molar-refractivity contribution in [1.82, 2.24) is 15.5 Å². The minimum Gasteiger partial charge on any atom is -0.382 e. The Hall–Kier alpha value is -1.17. The van der Waals surface area contributed by atoms with E-state index >= 15 is 0 Å². The average molecular weight is 256 g/mol. The van der Waals surface area contributed by atoms with Gasteiger partial charge in [0.1, 0.15) is 5.56 Å². The summed E-state index contributed by atoms with van der Waals surface area (Å²) in [5.41, 5.74) is 6.78. The van der Waals surface area contributed by atoms with Gasteiger partial charge in [-0.05, 0) is 31.8 Å². The number of aryl methyl sites for hydroxylation is 1. The molecule has 0 saturated heterocycles. The Morgan fingerprint density at radius 3 is 2.82 bits per heavy atom. The molecule has 0 fully saturated rings. The zero-order valence-electron chi connectivity index (χ0n) is 10.4. The Morgan fingerprint density at radius 1 is 1.47 bits per heavy atom. The number of unbranched alkanes of at least 4 members (excludes halogenated alkanes) is 2. The number of anilines is 1. The van der Waals surface area contributed by atoms with Crippen LogP contribution >= 0.6 is 11.8 Å². The zero-order chi connectivity index (χ0) is 12.7. The number of nitrogens with two attached hydrogens (primary N) is 1. The fourth-order valence-electron chi connectivity index (χ4n) is 1.57. The highest BCUT2D eigenvalue weighted by Crippen LogP contribution is 2.11. The number of carbonyl (C=O) groups excluding carboxylic acids is 1. The Labute approximate surface area is 106 Å². The fraction of sp³-hybridized carbons (Fsp3) is 0.636. The molecule has 0 aliphatic heterocycles. The number of aromatic nitrogens is 2. The number of hydrogen-bond acceptors (Lipinski definition) is 4. The van der Waals surface area contributed by atoms with Gasteiger partial charge < -0.3 is 11.1 Å². The Kier molecular flexibility index (Phi) is 5.90. The third-order valence-corrected chi connectivity index (χ3v) is 3.21. The smallest absolute Gasteiger partial charge is 0.256 e. The van der Waals surface area contributed by atoms with E-state index in [1.54, 1.807) is 6.92 Å². The highest BCUT2D eigenvalue weighted by molar-refractivity contribution is 7.98. The molecule has 0 saturated carbocycles. The van der Waals surface area contributed by atoms with Gasteiger partial charge in [0.15, 0.2) is 5.82 Å². The zero-order valence-corrected chi connectivity index (χ0v) is 11.2. The van der Waals surface area contributed by atoms with Crippen LogP contribution in [0, 0.1) is 6.92 Å². The van der Waals surface area contributed by atoms with Crippen LogP contribution in [0.25, 0.3) is 0 Å². The standard InChI is InChI=1S/C11H20N4OS/c1-8-9(10(12)15-14-8)11(16)13-6-4-3-5-7-17-2/h3-7H2,1-2H3,(H,13,16)(H3,12,14,15). The van der Waals surface area contributed by atoms with E-state index in [-0.39, 0.29) is 11.7 Å². The van der Waals surface area contributed by atoms with Crippen LogP contribution in [-0.2, 0) is 0 Å². The number of hydrogen-bond donors (Lipinski definition) is 3. The van der Waals surface area contributed by atoms with Crippen LogP contribution in [0.5, 0.6) is 0 Å². The largest absolute Gasteiger partial charge is 0.382 e. The van der Waals surface area contributed by atoms with Gasteiger partial charge in [-0.3, -0.25) is 9.89 Å². The van der Waals surface area contributed by atoms with E-state index < -0.39 is 0 Å². The summed E-state index contributed by atoms with van der Waals surface area (Å²) in [5.74, 6) is 1.31. The van der Waals surface area contributed by atoms with Crippen molar-refractivity contribution >= 4 is 23.5 Å². The van der Waals surface area contributed by atoms with Gasteiger partial charge in [-0.2, -0.15) is 16.9 Å². The number of nitrogen functional groups attached to an aromatic ring is 1. The summed E-state index contributed by atoms with van der Waals surface area (Å²) in [4.78, 5) is 11.8. The molecule has 1 heterocycles. The lowest BCUT2D eigenvalue weighted by Crippen LogP contribution is -2.25. The van der Waals surface area contributed by atoms with Crippen molar-refractivity contribution in [3.8, 4) is 0 Å². The van der Waals surface area contributed by atoms with Crippen LogP contribution in [0.4, 0.5) is 5.82 Å². The molecule has 0 radical (unpaired) electrons. The van der Waals surface area contributed by atoms with Crippen molar-refractivity contribution in [3.63, 3.8) is 0 Å². The maximum atomic E-state index is 11.8. The Morgan fingerprint density at radius 2 is 2.24 bits per heavy atom. The Balaban J connectivity index is 2.26. The van der Waals surface area contributed by atoms with E-state index in [1.807, 2.05) is 11.8 Å². The van der Waals surface area contributed by atoms with E-state index in [2.05, 4.69) is 21.8 Å². The van der Waals surface area contributed by atoms with E-state index in [4.69, 9.17) is 5.73 Å². The predicted octanol–water partition coefficient (Wildman–Crippen LogP) is 1.56. The molecule has 1 amide bonds. The number of carbonyl (C=O) groups is 1. The molecule has 0 spiro atoms. The van der Waals surface area contributed by atoms with Crippen LogP contribution in [0.2, 0.25) is 0 Å². The maximum Gasteiger partial charge on any atom is 0.256 e. The quantitative estimate of drug-likeness (QED) is 0.646. The fourth-order valence-corrected chi connectivity index (χ4v) is 2.07. The first-order valence-electron chi connectivity index (χ1n) is 5.74. The maximum absolute atomic E-state index is 11.8. The van der Waals surface area contributed by atoms with Gasteiger partial charge in [-0.15, -0.1) is 0 Å². The lowest BCUT2D eigenvalue weighted by Gasteiger charge is -2.04. The van der Waals surface area contributed by atoms with Gasteiger partial charge in [-0.1, -0.05) is 6.42 Å². The van der Waals surface area contributed by atoms with Gasteiger partial charge in [0.05, 0.1) is 0 Å². The molecule has 0 bridgehead atoms. The van der Waals surface area contributed by atoms with Crippen molar-refractivity contribution < 1.29 is 4.79 Å². The molecular weight excluding hydrogens is 236 g/mol. The molecule has 0 aliphatic rings. The summed E-state index contributed by atoms with van der Waals surface area (Å²) in [7, 11) is 0. The normalized spacial score (nSPS) is 10.5. The van der Waals surface area contributed by atoms with Crippen molar-refractivity contribution in [1.29, 1.82) is 0 Å². The number of amides is 1. The van der Waals surface area contributed by atoms with Gasteiger partial charge >= 0.3 is 0 Å². The van der Waals surface area contributed by atoms with Crippen LogP contribution in [0.1, 0.15) is 35.3 Å². The van der Waals surface area contributed by atoms with E-state index in [1.165, 1.54) is 12.2 Å². The molecule has 0 unspecified atom stereocenters. The molecule has 0 atom stereocenters. The van der Waals surface area contributed by atoms with Crippen LogP contribution < -0.4 is 11.1 Å². The minimum atomic E-state index is -0.140. The van der Waals surface area contributed by atoms with Gasteiger partial charge in [0.25, 0.3) is 5.91 Å². The van der Waals surface area contributed by atoms with E-state index in [0.29, 0.717) is 17.8 Å². The summed E-state index contributed by atoms with van der Waals surface area (Å²) in [6, 6.07) is 0. The molecule has 17 heavy (non-hydrogen) atoms. The molecule has 0 aliphatic carbocycles. The van der Waals surface area contributed by atoms with Crippen molar-refractivity contribution in [2.45, 2.75) is 26.2 Å². The summed E-state index contributed by atoms with van der Waals surface area (Å²) in [5, 5.41) is 9.35. The first-order chi connectivity index (χ1) is 8.16. The number of aromatic amines is 1. The first kappa shape index (κ1) is 13.9. The molecule has 0 aromatic carbocycles. The predicted molar refractivity (Wildman–Crippen MR) is 72.3 cm³/mol. The summed E-state index contributed by atoms with van der Waals surface area (Å²) in [6.07, 6.45) is 5.44. The number of thioether (sulfide) groups is 1. The lowest BCUT2D eigenvalue weighted by atomic mass is 10.2. The highest BCUT2D eigenvalue weighted by Gasteiger charge is 2.14. The molecule has 6 heteroatoms. The second-order valence-electron chi connectivity index (χ2n) is 3.92. The molecule has 1 aromatic heterocycles. The summed E-state index contributed by atoms with van der Waals surface area (Å²) < 4.78 is 0. The molecule has 1 aromatic rings. The molecule has 1 rings (SSSR count). The number of H-pyrrole nitrogens is 1. The summed E-state index contributed by atoms with van der Waals surface area (Å²) in [6.45, 7) is 2.48. The van der Waals surface area contributed by atoms with E-state index in [0.717, 1.165) is 12.8 Å². The Bertz CT molecular complexity index is 345. The molecular formula is C11H20N4OS. The van der Waals surface area contributed by atoms with Gasteiger partial charge in [0.2, 0.25) is 0 Å². The second-order valence-corrected chi connectivity index (χ2v) is 4.90. The first-order valence-corrected chi connectivity index (χ1v) is 7.13. The monoisotopic (exact) mass is 256 g/mol. The van der Waals surface area contributed by atoms with Crippen LogP contribution in [-0.4, -0.2) is 34.7 Å². The van der Waals surface area contributed by atoms with Crippen LogP contribution in [0.3, 0.4) is 0 Å². The summed E-state index contributed by atoms with van der Waals surface area (Å²) >= 11 is 1.85. The number of nitrogens with one attached hydrogen (secondary N) is 2. The average Bonchev–Trinajstić information content (AvgIpc) is 2.63. The van der Waals surface area contributed by atoms with E-state index in [9.17, 15) is 4.79 Å². The highest BCUT2D eigenvalue weighted by atomic mass is 32.2. The van der Waals surface area contributed by atoms with Crippen molar-refractivity contribution in [2.75, 3.05) is 24.3 Å². The molecule has 96 valence electrons.